The van der Waals surface area contributed by atoms with E-state index in [0.717, 1.165) is 11.1 Å². The van der Waals surface area contributed by atoms with Crippen molar-refractivity contribution in [2.45, 2.75) is 19.8 Å². The molecule has 0 aromatic rings. The Morgan fingerprint density at radius 1 is 1.33 bits per heavy atom. The van der Waals surface area contributed by atoms with E-state index in [0.29, 0.717) is 0 Å². The Balaban J connectivity index is 2.32. The summed E-state index contributed by atoms with van der Waals surface area (Å²) in [5, 5.41) is 0. The van der Waals surface area contributed by atoms with E-state index in [2.05, 4.69) is 19.4 Å². The quantitative estimate of drug-likeness (QED) is 0.543. The van der Waals surface area contributed by atoms with Crippen molar-refractivity contribution in [1.29, 1.82) is 0 Å². The molecule has 0 radical (unpaired) electrons. The van der Waals surface area contributed by atoms with Gasteiger partial charge in [-0.2, -0.15) is 5.43 Å². The zero-order valence-electron chi connectivity index (χ0n) is 6.48. The van der Waals surface area contributed by atoms with Gasteiger partial charge in [0, 0.05) is 19.4 Å². The van der Waals surface area contributed by atoms with Crippen molar-refractivity contribution in [3.05, 3.63) is 0 Å². The highest BCUT2D eigenvalue weighted by atomic mass is 15.6. The van der Waals surface area contributed by atoms with Crippen molar-refractivity contribution >= 4 is 0 Å². The van der Waals surface area contributed by atoms with Crippen molar-refractivity contribution in [3.63, 3.8) is 0 Å². The van der Waals surface area contributed by atoms with Crippen LogP contribution in [0.3, 0.4) is 0 Å². The fraction of sp³-hybridized carbons (Fsp3) is 1.00. The molecule has 2 nitrogen and oxygen atoms in total. The standard InChI is InChI=1S/C7H17N2/c1-3-8-9(2)6-4-5-7-9/h8H,3-7H2,1-2H3/q+1. The van der Waals surface area contributed by atoms with Gasteiger partial charge in [0.25, 0.3) is 0 Å². The fourth-order valence-corrected chi connectivity index (χ4v) is 1.57. The van der Waals surface area contributed by atoms with E-state index >= 15 is 0 Å². The van der Waals surface area contributed by atoms with E-state index in [1.165, 1.54) is 25.9 Å². The van der Waals surface area contributed by atoms with Gasteiger partial charge < -0.3 is 0 Å². The molecule has 1 heterocycles. The molecule has 1 saturated heterocycles. The molecular weight excluding hydrogens is 112 g/mol. The normalized spacial score (nSPS) is 24.7. The Bertz CT molecular complexity index is 84.9. The van der Waals surface area contributed by atoms with Crippen molar-refractivity contribution in [1.82, 2.24) is 5.43 Å². The molecule has 0 aromatic heterocycles. The number of hydrogen-bond acceptors (Lipinski definition) is 1. The molecule has 0 atom stereocenters. The first-order chi connectivity index (χ1) is 4.27. The molecule has 0 saturated carbocycles. The van der Waals surface area contributed by atoms with Gasteiger partial charge in [0.05, 0.1) is 20.1 Å². The molecule has 0 bridgehead atoms. The minimum absolute atomic E-state index is 1.09. The SMILES string of the molecule is CCN[N+]1(C)CCCC1. The Labute approximate surface area is 57.4 Å². The molecule has 0 aliphatic carbocycles. The molecular formula is C7H17N2+. The van der Waals surface area contributed by atoms with E-state index < -0.39 is 0 Å². The smallest absolute Gasteiger partial charge is 0.0962 e. The first kappa shape index (κ1) is 7.03. The van der Waals surface area contributed by atoms with Crippen molar-refractivity contribution in [2.24, 2.45) is 0 Å². The van der Waals surface area contributed by atoms with Crippen molar-refractivity contribution in [3.8, 4) is 0 Å². The second kappa shape index (κ2) is 2.67. The monoisotopic (exact) mass is 129 g/mol. The van der Waals surface area contributed by atoms with E-state index in [-0.39, 0.29) is 0 Å². The van der Waals surface area contributed by atoms with Gasteiger partial charge in [-0.15, -0.1) is 0 Å². The molecule has 0 spiro atoms. The Morgan fingerprint density at radius 2 is 1.89 bits per heavy atom. The van der Waals surface area contributed by atoms with Crippen LogP contribution in [-0.2, 0) is 0 Å². The summed E-state index contributed by atoms with van der Waals surface area (Å²) >= 11 is 0. The number of nitrogens with zero attached hydrogens (tertiary/aromatic N) is 1. The maximum absolute atomic E-state index is 3.46. The maximum Gasteiger partial charge on any atom is 0.0962 e. The van der Waals surface area contributed by atoms with Crippen molar-refractivity contribution in [2.75, 3.05) is 26.7 Å². The van der Waals surface area contributed by atoms with Gasteiger partial charge in [-0.3, -0.25) is 0 Å². The predicted molar refractivity (Wildman–Crippen MR) is 38.8 cm³/mol. The molecule has 2 heteroatoms. The first-order valence-electron chi connectivity index (χ1n) is 3.86. The molecule has 1 rings (SSSR count). The zero-order chi connectivity index (χ0) is 6.74. The minimum Gasteiger partial charge on any atom is -0.248 e. The Morgan fingerprint density at radius 3 is 2.33 bits per heavy atom. The summed E-state index contributed by atoms with van der Waals surface area (Å²) in [7, 11) is 2.27. The summed E-state index contributed by atoms with van der Waals surface area (Å²) in [5.41, 5.74) is 3.46. The fourth-order valence-electron chi connectivity index (χ4n) is 1.57. The lowest BCUT2D eigenvalue weighted by atomic mass is 10.4. The molecule has 1 N–H and O–H groups in total. The minimum atomic E-state index is 1.09. The van der Waals surface area contributed by atoms with Gasteiger partial charge >= 0.3 is 0 Å². The highest BCUT2D eigenvalue weighted by molar-refractivity contribution is 4.47. The number of quaternary nitrogens is 1. The van der Waals surface area contributed by atoms with Gasteiger partial charge in [-0.1, -0.05) is 0 Å². The third kappa shape index (κ3) is 1.66. The number of nitrogens with one attached hydrogen (secondary N) is 1. The van der Waals surface area contributed by atoms with E-state index in [9.17, 15) is 0 Å². The van der Waals surface area contributed by atoms with Crippen LogP contribution >= 0.6 is 0 Å². The molecule has 1 aliphatic heterocycles. The number of hydrogen-bond donors (Lipinski definition) is 1. The first-order valence-corrected chi connectivity index (χ1v) is 3.86. The van der Waals surface area contributed by atoms with Gasteiger partial charge in [0.15, 0.2) is 0 Å². The van der Waals surface area contributed by atoms with Crippen LogP contribution in [0, 0.1) is 0 Å². The van der Waals surface area contributed by atoms with Crippen LogP contribution in [-0.4, -0.2) is 31.3 Å². The molecule has 54 valence electrons. The van der Waals surface area contributed by atoms with Gasteiger partial charge in [0.2, 0.25) is 0 Å². The summed E-state index contributed by atoms with van der Waals surface area (Å²) < 4.78 is 1.09. The Hall–Kier alpha value is -0.0800. The topological polar surface area (TPSA) is 12.0 Å². The number of rotatable bonds is 2. The van der Waals surface area contributed by atoms with E-state index in [1.54, 1.807) is 0 Å². The lowest BCUT2D eigenvalue weighted by Crippen LogP contribution is -2.52. The Kier molecular flexibility index (Phi) is 2.09. The lowest BCUT2D eigenvalue weighted by molar-refractivity contribution is -0.940. The third-order valence-electron chi connectivity index (χ3n) is 2.09. The maximum atomic E-state index is 3.46. The molecule has 1 aliphatic rings. The van der Waals surface area contributed by atoms with Crippen LogP contribution in [0.15, 0.2) is 0 Å². The third-order valence-corrected chi connectivity index (χ3v) is 2.09. The summed E-state index contributed by atoms with van der Waals surface area (Å²) in [6.07, 6.45) is 2.78. The van der Waals surface area contributed by atoms with Crippen LogP contribution < -0.4 is 5.43 Å². The highest BCUT2D eigenvalue weighted by Crippen LogP contribution is 2.11. The molecule has 0 aromatic carbocycles. The van der Waals surface area contributed by atoms with Crippen LogP contribution in [0.5, 0.6) is 0 Å². The van der Waals surface area contributed by atoms with Crippen LogP contribution in [0.4, 0.5) is 0 Å². The van der Waals surface area contributed by atoms with E-state index in [1.807, 2.05) is 0 Å². The average Bonchev–Trinajstić information content (AvgIpc) is 2.16. The summed E-state index contributed by atoms with van der Waals surface area (Å²) in [6.45, 7) is 5.89. The van der Waals surface area contributed by atoms with Crippen molar-refractivity contribution < 1.29 is 4.59 Å². The van der Waals surface area contributed by atoms with Crippen LogP contribution in [0.1, 0.15) is 19.8 Å². The second-order valence-electron chi connectivity index (χ2n) is 3.06. The predicted octanol–water partition coefficient (Wildman–Crippen LogP) is 0.751. The average molecular weight is 129 g/mol. The largest absolute Gasteiger partial charge is 0.248 e. The highest BCUT2D eigenvalue weighted by Gasteiger charge is 2.25. The van der Waals surface area contributed by atoms with E-state index in [4.69, 9.17) is 0 Å². The molecule has 0 amide bonds. The number of likely N-dealkylation sites (tertiary alicyclic amines) is 1. The van der Waals surface area contributed by atoms with Gasteiger partial charge in [0.1, 0.15) is 0 Å². The summed E-state index contributed by atoms with van der Waals surface area (Å²) in [4.78, 5) is 0. The lowest BCUT2D eigenvalue weighted by Gasteiger charge is -2.27. The second-order valence-corrected chi connectivity index (χ2v) is 3.06. The molecule has 1 fully saturated rings. The van der Waals surface area contributed by atoms with Gasteiger partial charge in [-0.05, 0) is 6.92 Å². The molecule has 9 heavy (non-hydrogen) atoms. The summed E-state index contributed by atoms with van der Waals surface area (Å²) in [5.74, 6) is 0. The van der Waals surface area contributed by atoms with Crippen LogP contribution in [0.2, 0.25) is 0 Å². The molecule has 0 unspecified atom stereocenters. The summed E-state index contributed by atoms with van der Waals surface area (Å²) in [6, 6.07) is 0. The zero-order valence-corrected chi connectivity index (χ0v) is 6.48. The van der Waals surface area contributed by atoms with Crippen LogP contribution in [0.25, 0.3) is 0 Å². The van der Waals surface area contributed by atoms with Gasteiger partial charge in [-0.25, -0.2) is 4.59 Å².